The number of hydrogen-bond donors (Lipinski definition) is 1. The van der Waals surface area contributed by atoms with Crippen LogP contribution in [0.15, 0.2) is 0 Å². The van der Waals surface area contributed by atoms with Crippen molar-refractivity contribution in [2.45, 2.75) is 52.1 Å². The average Bonchev–Trinajstić information content (AvgIpc) is 2.76. The van der Waals surface area contributed by atoms with Gasteiger partial charge in [-0.2, -0.15) is 5.10 Å². The zero-order valence-electron chi connectivity index (χ0n) is 12.6. The molecule has 20 heavy (non-hydrogen) atoms. The molecule has 2 fully saturated rings. The standard InChI is InChI=1S/C15H24N4O/c1-10-8-18-7-5-4-6-13(18)9-19(10)15(20)14-11(2)16-17-12(14)3/h10,13H,4-9H2,1-3H3,(H,16,17). The van der Waals surface area contributed by atoms with Crippen LogP contribution >= 0.6 is 0 Å². The highest BCUT2D eigenvalue weighted by molar-refractivity contribution is 5.96. The van der Waals surface area contributed by atoms with Gasteiger partial charge in [-0.15, -0.1) is 0 Å². The third-order valence-corrected chi connectivity index (χ3v) is 4.79. The molecule has 5 heteroatoms. The highest BCUT2D eigenvalue weighted by atomic mass is 16.2. The van der Waals surface area contributed by atoms with E-state index < -0.39 is 0 Å². The molecular weight excluding hydrogens is 252 g/mol. The first-order chi connectivity index (χ1) is 9.58. The Balaban J connectivity index is 1.81. The maximum Gasteiger partial charge on any atom is 0.257 e. The van der Waals surface area contributed by atoms with E-state index in [4.69, 9.17) is 0 Å². The van der Waals surface area contributed by atoms with Crippen molar-refractivity contribution in [1.29, 1.82) is 0 Å². The van der Waals surface area contributed by atoms with Gasteiger partial charge in [0, 0.05) is 30.9 Å². The normalized spacial score (nSPS) is 27.4. The molecule has 0 saturated carbocycles. The molecule has 3 rings (SSSR count). The van der Waals surface area contributed by atoms with Crippen LogP contribution in [0, 0.1) is 13.8 Å². The lowest BCUT2D eigenvalue weighted by Gasteiger charge is -2.47. The van der Waals surface area contributed by atoms with Gasteiger partial charge in [-0.1, -0.05) is 6.42 Å². The number of hydrogen-bond acceptors (Lipinski definition) is 3. The lowest BCUT2D eigenvalue weighted by atomic mass is 9.96. The number of rotatable bonds is 1. The van der Waals surface area contributed by atoms with Crippen LogP contribution in [0.1, 0.15) is 47.9 Å². The zero-order chi connectivity index (χ0) is 14.3. The van der Waals surface area contributed by atoms with Crippen LogP contribution in [0.4, 0.5) is 0 Å². The third kappa shape index (κ3) is 2.24. The number of H-pyrrole nitrogens is 1. The summed E-state index contributed by atoms with van der Waals surface area (Å²) in [6.45, 7) is 9.05. The van der Waals surface area contributed by atoms with Crippen molar-refractivity contribution >= 4 is 5.91 Å². The van der Waals surface area contributed by atoms with Crippen molar-refractivity contribution in [3.63, 3.8) is 0 Å². The van der Waals surface area contributed by atoms with Crippen molar-refractivity contribution in [2.75, 3.05) is 19.6 Å². The maximum absolute atomic E-state index is 12.8. The number of piperazine rings is 1. The molecule has 3 heterocycles. The van der Waals surface area contributed by atoms with Crippen molar-refractivity contribution < 1.29 is 4.79 Å². The molecule has 5 nitrogen and oxygen atoms in total. The van der Waals surface area contributed by atoms with Gasteiger partial charge in [-0.25, -0.2) is 0 Å². The Morgan fingerprint density at radius 1 is 1.30 bits per heavy atom. The third-order valence-electron chi connectivity index (χ3n) is 4.79. The molecule has 2 atom stereocenters. The number of carbonyl (C=O) groups is 1. The Morgan fingerprint density at radius 2 is 2.10 bits per heavy atom. The summed E-state index contributed by atoms with van der Waals surface area (Å²) in [5.41, 5.74) is 2.46. The summed E-state index contributed by atoms with van der Waals surface area (Å²) in [4.78, 5) is 17.5. The monoisotopic (exact) mass is 276 g/mol. The highest BCUT2D eigenvalue weighted by Crippen LogP contribution is 2.26. The SMILES string of the molecule is Cc1n[nH]c(C)c1C(=O)N1CC2CCCCN2CC1C. The molecule has 0 aliphatic carbocycles. The number of aromatic amines is 1. The molecule has 110 valence electrons. The van der Waals surface area contributed by atoms with Crippen LogP contribution in [-0.2, 0) is 0 Å². The number of fused-ring (bicyclic) bond motifs is 1. The van der Waals surface area contributed by atoms with E-state index in [0.717, 1.165) is 30.0 Å². The van der Waals surface area contributed by atoms with Crippen LogP contribution in [-0.4, -0.2) is 57.6 Å². The van der Waals surface area contributed by atoms with E-state index in [0.29, 0.717) is 6.04 Å². The fourth-order valence-corrected chi connectivity index (χ4v) is 3.64. The number of aryl methyl sites for hydroxylation is 2. The molecule has 0 radical (unpaired) electrons. The second-order valence-electron chi connectivity index (χ2n) is 6.26. The first-order valence-corrected chi connectivity index (χ1v) is 7.64. The van der Waals surface area contributed by atoms with E-state index in [9.17, 15) is 4.79 Å². The van der Waals surface area contributed by atoms with Gasteiger partial charge < -0.3 is 4.90 Å². The van der Waals surface area contributed by atoms with Gasteiger partial charge in [0.15, 0.2) is 0 Å². The molecule has 1 N–H and O–H groups in total. The Kier molecular flexibility index (Phi) is 3.54. The summed E-state index contributed by atoms with van der Waals surface area (Å²) in [6.07, 6.45) is 3.82. The number of nitrogens with one attached hydrogen (secondary N) is 1. The molecule has 0 spiro atoms. The van der Waals surface area contributed by atoms with Crippen LogP contribution in [0.3, 0.4) is 0 Å². The van der Waals surface area contributed by atoms with Crippen LogP contribution < -0.4 is 0 Å². The van der Waals surface area contributed by atoms with E-state index in [1.165, 1.54) is 25.8 Å². The minimum Gasteiger partial charge on any atom is -0.333 e. The lowest BCUT2D eigenvalue weighted by Crippen LogP contribution is -2.60. The molecule has 1 amide bonds. The number of nitrogens with zero attached hydrogens (tertiary/aromatic N) is 3. The summed E-state index contributed by atoms with van der Waals surface area (Å²) < 4.78 is 0. The Bertz CT molecular complexity index is 490. The van der Waals surface area contributed by atoms with Crippen LogP contribution in [0.5, 0.6) is 0 Å². The second kappa shape index (κ2) is 5.20. The highest BCUT2D eigenvalue weighted by Gasteiger charge is 2.36. The zero-order valence-corrected chi connectivity index (χ0v) is 12.6. The summed E-state index contributed by atoms with van der Waals surface area (Å²) in [5.74, 6) is 0.145. The minimum atomic E-state index is 0.145. The quantitative estimate of drug-likeness (QED) is 0.850. The Hall–Kier alpha value is -1.36. The van der Waals surface area contributed by atoms with Gasteiger partial charge in [0.1, 0.15) is 0 Å². The van der Waals surface area contributed by atoms with Crippen molar-refractivity contribution in [2.24, 2.45) is 0 Å². The van der Waals surface area contributed by atoms with Gasteiger partial charge in [0.05, 0.1) is 11.3 Å². The second-order valence-corrected chi connectivity index (χ2v) is 6.26. The summed E-state index contributed by atoms with van der Waals surface area (Å²) in [5, 5.41) is 7.08. The molecule has 1 aromatic rings. The van der Waals surface area contributed by atoms with Gasteiger partial charge >= 0.3 is 0 Å². The summed E-state index contributed by atoms with van der Waals surface area (Å²) in [7, 11) is 0. The smallest absolute Gasteiger partial charge is 0.257 e. The van der Waals surface area contributed by atoms with E-state index in [2.05, 4.69) is 26.9 Å². The maximum atomic E-state index is 12.8. The average molecular weight is 276 g/mol. The molecule has 2 saturated heterocycles. The fraction of sp³-hybridized carbons (Fsp3) is 0.733. The predicted octanol–water partition coefficient (Wildman–Crippen LogP) is 1.73. The van der Waals surface area contributed by atoms with Gasteiger partial charge in [0.2, 0.25) is 0 Å². The van der Waals surface area contributed by atoms with E-state index in [1.807, 2.05) is 13.8 Å². The number of carbonyl (C=O) groups excluding carboxylic acids is 1. The van der Waals surface area contributed by atoms with Crippen LogP contribution in [0.25, 0.3) is 0 Å². The Labute approximate surface area is 120 Å². The summed E-state index contributed by atoms with van der Waals surface area (Å²) >= 11 is 0. The number of aromatic nitrogens is 2. The predicted molar refractivity (Wildman–Crippen MR) is 77.8 cm³/mol. The van der Waals surface area contributed by atoms with Crippen molar-refractivity contribution in [3.05, 3.63) is 17.0 Å². The van der Waals surface area contributed by atoms with E-state index >= 15 is 0 Å². The molecule has 0 aromatic carbocycles. The number of piperidine rings is 1. The van der Waals surface area contributed by atoms with Gasteiger partial charge in [-0.3, -0.25) is 14.8 Å². The lowest BCUT2D eigenvalue weighted by molar-refractivity contribution is 0.0151. The molecule has 2 unspecified atom stereocenters. The summed E-state index contributed by atoms with van der Waals surface area (Å²) in [6, 6.07) is 0.835. The number of amides is 1. The van der Waals surface area contributed by atoms with Gasteiger partial charge in [0.25, 0.3) is 5.91 Å². The molecule has 1 aromatic heterocycles. The van der Waals surface area contributed by atoms with E-state index in [-0.39, 0.29) is 11.9 Å². The van der Waals surface area contributed by atoms with Gasteiger partial charge in [-0.05, 0) is 40.2 Å². The molecule has 0 bridgehead atoms. The first kappa shape index (κ1) is 13.6. The fourth-order valence-electron chi connectivity index (χ4n) is 3.64. The minimum absolute atomic E-state index is 0.145. The van der Waals surface area contributed by atoms with E-state index in [1.54, 1.807) is 0 Å². The van der Waals surface area contributed by atoms with Crippen molar-refractivity contribution in [3.8, 4) is 0 Å². The molecular formula is C15H24N4O. The molecule has 2 aliphatic rings. The largest absolute Gasteiger partial charge is 0.333 e. The van der Waals surface area contributed by atoms with Crippen LogP contribution in [0.2, 0.25) is 0 Å². The topological polar surface area (TPSA) is 52.2 Å². The first-order valence-electron chi connectivity index (χ1n) is 7.64. The van der Waals surface area contributed by atoms with Crippen molar-refractivity contribution in [1.82, 2.24) is 20.0 Å². The Morgan fingerprint density at radius 3 is 2.80 bits per heavy atom. The molecule has 2 aliphatic heterocycles.